The molecule has 2 heterocycles. The predicted molar refractivity (Wildman–Crippen MR) is 136 cm³/mol. The fourth-order valence-corrected chi connectivity index (χ4v) is 3.97. The highest BCUT2D eigenvalue weighted by molar-refractivity contribution is 6.01. The fraction of sp³-hybridized carbons (Fsp3) is 0.185. The van der Waals surface area contributed by atoms with Crippen molar-refractivity contribution in [2.75, 3.05) is 6.61 Å². The molecule has 192 valence electrons. The SMILES string of the molecule is CCOC(=O)c1c(OC(=O)c2ccccc2)c2ncc(Cc3ccc(F)cc3CN=[N+]=[N-])cc2n(C)c1=O. The van der Waals surface area contributed by atoms with Crippen molar-refractivity contribution in [3.8, 4) is 5.75 Å². The van der Waals surface area contributed by atoms with E-state index in [1.807, 2.05) is 0 Å². The molecule has 0 amide bonds. The highest BCUT2D eigenvalue weighted by Crippen LogP contribution is 2.29. The van der Waals surface area contributed by atoms with Crippen LogP contribution in [0.2, 0.25) is 0 Å². The molecular formula is C27H22FN5O5. The molecule has 0 saturated carbocycles. The molecule has 0 saturated heterocycles. The molecule has 0 radical (unpaired) electrons. The Balaban J connectivity index is 1.84. The second-order valence-corrected chi connectivity index (χ2v) is 8.23. The molecular weight excluding hydrogens is 493 g/mol. The van der Waals surface area contributed by atoms with Crippen LogP contribution in [-0.4, -0.2) is 28.1 Å². The van der Waals surface area contributed by atoms with Gasteiger partial charge in [0.25, 0.3) is 5.56 Å². The minimum atomic E-state index is -0.939. The van der Waals surface area contributed by atoms with Gasteiger partial charge >= 0.3 is 11.9 Å². The van der Waals surface area contributed by atoms with Crippen molar-refractivity contribution in [3.63, 3.8) is 0 Å². The van der Waals surface area contributed by atoms with Crippen molar-refractivity contribution in [1.29, 1.82) is 0 Å². The molecule has 2 aromatic carbocycles. The second-order valence-electron chi connectivity index (χ2n) is 8.23. The van der Waals surface area contributed by atoms with E-state index in [2.05, 4.69) is 15.0 Å². The maximum Gasteiger partial charge on any atom is 0.347 e. The first-order valence-electron chi connectivity index (χ1n) is 11.6. The molecule has 2 aromatic heterocycles. The Labute approximate surface area is 215 Å². The number of hydrogen-bond donors (Lipinski definition) is 0. The number of carbonyl (C=O) groups is 2. The number of nitrogens with zero attached hydrogens (tertiary/aromatic N) is 5. The Morgan fingerprint density at radius 3 is 2.58 bits per heavy atom. The maximum atomic E-state index is 13.8. The Kier molecular flexibility index (Phi) is 7.79. The Bertz CT molecular complexity index is 1650. The lowest BCUT2D eigenvalue weighted by atomic mass is 10.00. The Hall–Kier alpha value is -5.02. The predicted octanol–water partition coefficient (Wildman–Crippen LogP) is 4.87. The van der Waals surface area contributed by atoms with Gasteiger partial charge in [-0.15, -0.1) is 0 Å². The summed E-state index contributed by atoms with van der Waals surface area (Å²) < 4.78 is 25.7. The molecule has 0 unspecified atom stereocenters. The van der Waals surface area contributed by atoms with Gasteiger partial charge in [-0.1, -0.05) is 29.4 Å². The average Bonchev–Trinajstić information content (AvgIpc) is 2.92. The summed E-state index contributed by atoms with van der Waals surface area (Å²) in [4.78, 5) is 46.1. The van der Waals surface area contributed by atoms with Crippen molar-refractivity contribution < 1.29 is 23.5 Å². The monoisotopic (exact) mass is 515 g/mol. The van der Waals surface area contributed by atoms with Crippen LogP contribution in [0, 0.1) is 5.82 Å². The summed E-state index contributed by atoms with van der Waals surface area (Å²) in [6.07, 6.45) is 1.79. The number of carbonyl (C=O) groups excluding carboxylic acids is 2. The molecule has 0 aliphatic heterocycles. The van der Waals surface area contributed by atoms with E-state index in [9.17, 15) is 18.8 Å². The summed E-state index contributed by atoms with van der Waals surface area (Å²) in [7, 11) is 1.46. The largest absolute Gasteiger partial charge is 0.462 e. The lowest BCUT2D eigenvalue weighted by Crippen LogP contribution is -2.28. The van der Waals surface area contributed by atoms with E-state index in [-0.39, 0.29) is 36.4 Å². The molecule has 0 fully saturated rings. The third-order valence-corrected chi connectivity index (χ3v) is 5.80. The minimum absolute atomic E-state index is 0.00825. The first kappa shape index (κ1) is 26.1. The first-order chi connectivity index (χ1) is 18.3. The quantitative estimate of drug-likeness (QED) is 0.142. The van der Waals surface area contributed by atoms with Crippen molar-refractivity contribution in [1.82, 2.24) is 9.55 Å². The first-order valence-corrected chi connectivity index (χ1v) is 11.6. The van der Waals surface area contributed by atoms with Gasteiger partial charge in [0, 0.05) is 18.2 Å². The summed E-state index contributed by atoms with van der Waals surface area (Å²) in [5.74, 6) is -2.48. The van der Waals surface area contributed by atoms with Crippen LogP contribution in [0.25, 0.3) is 21.5 Å². The van der Waals surface area contributed by atoms with Gasteiger partial charge in [0.1, 0.15) is 11.3 Å². The molecule has 0 atom stereocenters. The van der Waals surface area contributed by atoms with Gasteiger partial charge in [-0.2, -0.15) is 0 Å². The van der Waals surface area contributed by atoms with Crippen molar-refractivity contribution in [2.24, 2.45) is 12.2 Å². The number of halogens is 1. The van der Waals surface area contributed by atoms with Gasteiger partial charge in [0.2, 0.25) is 0 Å². The molecule has 38 heavy (non-hydrogen) atoms. The summed E-state index contributed by atoms with van der Waals surface area (Å²) in [6, 6.07) is 14.0. The van der Waals surface area contributed by atoms with Crippen LogP contribution < -0.4 is 10.3 Å². The van der Waals surface area contributed by atoms with Crippen molar-refractivity contribution >= 4 is 23.0 Å². The van der Waals surface area contributed by atoms with Crippen LogP contribution >= 0.6 is 0 Å². The van der Waals surface area contributed by atoms with Crippen molar-refractivity contribution in [2.45, 2.75) is 19.9 Å². The number of hydrogen-bond acceptors (Lipinski definition) is 7. The fourth-order valence-electron chi connectivity index (χ4n) is 3.97. The number of ether oxygens (including phenoxy) is 2. The number of pyridine rings is 2. The van der Waals surface area contributed by atoms with E-state index in [0.29, 0.717) is 22.2 Å². The van der Waals surface area contributed by atoms with Crippen LogP contribution in [-0.2, 0) is 24.8 Å². The zero-order chi connectivity index (χ0) is 27.2. The van der Waals surface area contributed by atoms with E-state index >= 15 is 0 Å². The standard InChI is InChI=1S/C27H22FN5O5/c1-3-37-27(36)22-24(38-26(35)17-7-5-4-6-8-17)23-21(33(2)25(22)34)12-16(14-30-23)11-18-9-10-20(28)13-19(18)15-31-32-29/h4-10,12-14H,3,11,15H2,1-2H3. The summed E-state index contributed by atoms with van der Waals surface area (Å²) in [5, 5.41) is 3.53. The smallest absolute Gasteiger partial charge is 0.347 e. The topological polar surface area (TPSA) is 136 Å². The average molecular weight is 516 g/mol. The summed E-state index contributed by atoms with van der Waals surface area (Å²) in [6.45, 7) is 1.56. The molecule has 0 aliphatic carbocycles. The normalized spacial score (nSPS) is 10.6. The Morgan fingerprint density at radius 1 is 1.11 bits per heavy atom. The number of aryl methyl sites for hydroxylation is 1. The van der Waals surface area contributed by atoms with Crippen LogP contribution in [0.4, 0.5) is 4.39 Å². The number of aromatic nitrogens is 2. The molecule has 11 heteroatoms. The third-order valence-electron chi connectivity index (χ3n) is 5.80. The van der Waals surface area contributed by atoms with Gasteiger partial charge in [-0.25, -0.2) is 14.0 Å². The van der Waals surface area contributed by atoms with Crippen molar-refractivity contribution in [3.05, 3.63) is 115 Å². The molecule has 0 spiro atoms. The molecule has 4 rings (SSSR count). The molecule has 10 nitrogen and oxygen atoms in total. The number of rotatable bonds is 8. The highest BCUT2D eigenvalue weighted by atomic mass is 19.1. The van der Waals surface area contributed by atoms with E-state index < -0.39 is 28.9 Å². The van der Waals surface area contributed by atoms with Crippen LogP contribution in [0.3, 0.4) is 0 Å². The molecule has 4 aromatic rings. The van der Waals surface area contributed by atoms with Gasteiger partial charge in [-0.3, -0.25) is 9.78 Å². The molecule has 0 N–H and O–H groups in total. The zero-order valence-corrected chi connectivity index (χ0v) is 20.6. The number of esters is 2. The number of azide groups is 1. The number of fused-ring (bicyclic) bond motifs is 1. The third kappa shape index (κ3) is 5.37. The lowest BCUT2D eigenvalue weighted by molar-refractivity contribution is 0.0518. The Morgan fingerprint density at radius 2 is 1.87 bits per heavy atom. The van der Waals surface area contributed by atoms with E-state index in [1.54, 1.807) is 37.3 Å². The van der Waals surface area contributed by atoms with Gasteiger partial charge in [0.05, 0.1) is 24.2 Å². The van der Waals surface area contributed by atoms with Gasteiger partial charge in [0.15, 0.2) is 11.3 Å². The maximum absolute atomic E-state index is 13.8. The van der Waals surface area contributed by atoms with Crippen LogP contribution in [0.5, 0.6) is 5.75 Å². The van der Waals surface area contributed by atoms with Gasteiger partial charge < -0.3 is 14.0 Å². The summed E-state index contributed by atoms with van der Waals surface area (Å²) >= 11 is 0. The summed E-state index contributed by atoms with van der Waals surface area (Å²) in [5.41, 5.74) is 9.97. The molecule has 0 aliphatic rings. The van der Waals surface area contributed by atoms with E-state index in [4.69, 9.17) is 15.0 Å². The van der Waals surface area contributed by atoms with E-state index in [1.165, 1.54) is 42.1 Å². The molecule has 0 bridgehead atoms. The van der Waals surface area contributed by atoms with Crippen LogP contribution in [0.1, 0.15) is 44.3 Å². The lowest BCUT2D eigenvalue weighted by Gasteiger charge is -2.15. The highest BCUT2D eigenvalue weighted by Gasteiger charge is 2.27. The van der Waals surface area contributed by atoms with Crippen LogP contribution in [0.15, 0.2) is 70.7 Å². The van der Waals surface area contributed by atoms with E-state index in [0.717, 1.165) is 0 Å². The van der Waals surface area contributed by atoms with Gasteiger partial charge in [-0.05, 0) is 65.9 Å². The zero-order valence-electron chi connectivity index (χ0n) is 20.6. The second kappa shape index (κ2) is 11.4. The number of benzene rings is 2. The minimum Gasteiger partial charge on any atom is -0.462 e.